The second-order valence-electron chi connectivity index (χ2n) is 9.11. The number of hydrogen-bond acceptors (Lipinski definition) is 1. The van der Waals surface area contributed by atoms with Crippen LogP contribution in [-0.2, 0) is 10.8 Å². The number of aryl methyl sites for hydroxylation is 2. The van der Waals surface area contributed by atoms with E-state index in [1.54, 1.807) is 0 Å². The van der Waals surface area contributed by atoms with Gasteiger partial charge in [0.15, 0.2) is 0 Å². The molecule has 1 nitrogen and oxygen atoms in total. The Kier molecular flexibility index (Phi) is 3.23. The first-order chi connectivity index (χ1) is 11.6. The summed E-state index contributed by atoms with van der Waals surface area (Å²) in [5, 5.41) is 2.66. The van der Waals surface area contributed by atoms with Crippen LogP contribution in [0.5, 0.6) is 0 Å². The Morgan fingerprint density at radius 2 is 1.64 bits per heavy atom. The van der Waals surface area contributed by atoms with E-state index >= 15 is 0 Å². The molecule has 0 unspecified atom stereocenters. The standard InChI is InChI=1S/C24H27N/c1-14-9-8-10-18-20(14)22-21-16(11-15(2)25-22)12-17(23(3,4)5)13-19(21)24(18,6)7/h8-13H,1-7H3. The Morgan fingerprint density at radius 1 is 0.920 bits per heavy atom. The first-order valence-corrected chi connectivity index (χ1v) is 9.17. The van der Waals surface area contributed by atoms with Crippen LogP contribution in [0, 0.1) is 13.8 Å². The van der Waals surface area contributed by atoms with Gasteiger partial charge in [-0.25, -0.2) is 0 Å². The maximum absolute atomic E-state index is 4.99. The van der Waals surface area contributed by atoms with Gasteiger partial charge in [-0.15, -0.1) is 0 Å². The number of pyridine rings is 1. The number of aromatic nitrogens is 1. The van der Waals surface area contributed by atoms with Crippen molar-refractivity contribution in [2.45, 2.75) is 59.3 Å². The highest BCUT2D eigenvalue weighted by molar-refractivity contribution is 6.02. The quantitative estimate of drug-likeness (QED) is 0.461. The zero-order valence-corrected chi connectivity index (χ0v) is 16.4. The third-order valence-electron chi connectivity index (χ3n) is 5.78. The molecule has 0 N–H and O–H groups in total. The summed E-state index contributed by atoms with van der Waals surface area (Å²) < 4.78 is 0. The number of fused-ring (bicyclic) bond motifs is 2. The Hall–Kier alpha value is -2.15. The average molecular weight is 329 g/mol. The predicted octanol–water partition coefficient (Wildman–Crippen LogP) is 6.46. The molecule has 0 saturated carbocycles. The summed E-state index contributed by atoms with van der Waals surface area (Å²) in [6.45, 7) is 15.9. The number of nitrogens with zero attached hydrogens (tertiary/aromatic N) is 1. The smallest absolute Gasteiger partial charge is 0.0792 e. The highest BCUT2D eigenvalue weighted by Crippen LogP contribution is 2.50. The number of rotatable bonds is 0. The van der Waals surface area contributed by atoms with Crippen LogP contribution in [-0.4, -0.2) is 4.98 Å². The molecule has 1 aliphatic carbocycles. The Bertz CT molecular complexity index is 1020. The van der Waals surface area contributed by atoms with Gasteiger partial charge in [0.05, 0.1) is 5.69 Å². The third kappa shape index (κ3) is 2.25. The van der Waals surface area contributed by atoms with E-state index in [1.165, 1.54) is 38.6 Å². The van der Waals surface area contributed by atoms with Crippen molar-refractivity contribution in [2.75, 3.05) is 0 Å². The van der Waals surface area contributed by atoms with Gasteiger partial charge in [0, 0.05) is 22.1 Å². The van der Waals surface area contributed by atoms with Crippen molar-refractivity contribution in [3.05, 3.63) is 64.3 Å². The van der Waals surface area contributed by atoms with Crippen molar-refractivity contribution < 1.29 is 0 Å². The minimum absolute atomic E-state index is 0.0230. The van der Waals surface area contributed by atoms with Gasteiger partial charge in [-0.3, -0.25) is 4.98 Å². The van der Waals surface area contributed by atoms with Crippen LogP contribution in [0.4, 0.5) is 0 Å². The second kappa shape index (κ2) is 4.94. The minimum atomic E-state index is -0.0230. The van der Waals surface area contributed by atoms with E-state index in [9.17, 15) is 0 Å². The molecule has 1 heteroatoms. The van der Waals surface area contributed by atoms with Crippen molar-refractivity contribution in [2.24, 2.45) is 0 Å². The van der Waals surface area contributed by atoms with Gasteiger partial charge in [0.1, 0.15) is 0 Å². The van der Waals surface area contributed by atoms with Gasteiger partial charge >= 0.3 is 0 Å². The van der Waals surface area contributed by atoms with Crippen LogP contribution >= 0.6 is 0 Å². The molecule has 25 heavy (non-hydrogen) atoms. The lowest BCUT2D eigenvalue weighted by Gasteiger charge is -2.37. The Morgan fingerprint density at radius 3 is 2.32 bits per heavy atom. The van der Waals surface area contributed by atoms with Gasteiger partial charge in [-0.1, -0.05) is 65.0 Å². The van der Waals surface area contributed by atoms with Gasteiger partial charge in [-0.05, 0) is 53.0 Å². The molecular formula is C24H27N. The van der Waals surface area contributed by atoms with Crippen LogP contribution in [0.15, 0.2) is 36.4 Å². The van der Waals surface area contributed by atoms with Gasteiger partial charge < -0.3 is 0 Å². The van der Waals surface area contributed by atoms with E-state index in [4.69, 9.17) is 4.98 Å². The lowest BCUT2D eigenvalue weighted by molar-refractivity contribution is 0.583. The second-order valence-corrected chi connectivity index (χ2v) is 9.11. The lowest BCUT2D eigenvalue weighted by Crippen LogP contribution is -2.26. The fraction of sp³-hybridized carbons (Fsp3) is 0.375. The number of benzene rings is 2. The van der Waals surface area contributed by atoms with E-state index in [2.05, 4.69) is 84.9 Å². The first-order valence-electron chi connectivity index (χ1n) is 9.17. The summed E-state index contributed by atoms with van der Waals surface area (Å²) in [6, 6.07) is 13.7. The zero-order chi connectivity index (χ0) is 18.1. The molecule has 2 aromatic carbocycles. The third-order valence-corrected chi connectivity index (χ3v) is 5.78. The van der Waals surface area contributed by atoms with Gasteiger partial charge in [-0.2, -0.15) is 0 Å². The molecule has 0 saturated heterocycles. The lowest BCUT2D eigenvalue weighted by atomic mass is 9.67. The SMILES string of the molecule is Cc1cc2cc(C(C)(C)C)cc3c2c(n1)-c1c(C)cccc1C3(C)C. The number of hydrogen-bond donors (Lipinski definition) is 0. The molecule has 0 aliphatic heterocycles. The highest BCUT2D eigenvalue weighted by Gasteiger charge is 2.36. The summed E-state index contributed by atoms with van der Waals surface area (Å²) in [5.41, 5.74) is 9.21. The molecule has 3 aromatic rings. The van der Waals surface area contributed by atoms with Crippen molar-refractivity contribution in [1.29, 1.82) is 0 Å². The van der Waals surface area contributed by atoms with E-state index in [-0.39, 0.29) is 10.8 Å². The summed E-state index contributed by atoms with van der Waals surface area (Å²) in [5.74, 6) is 0. The Balaban J connectivity index is 2.24. The fourth-order valence-electron chi connectivity index (χ4n) is 4.29. The molecule has 0 spiro atoms. The molecule has 128 valence electrons. The largest absolute Gasteiger partial charge is 0.252 e. The molecule has 0 amide bonds. The van der Waals surface area contributed by atoms with Crippen LogP contribution in [0.2, 0.25) is 0 Å². The highest BCUT2D eigenvalue weighted by atomic mass is 14.7. The van der Waals surface area contributed by atoms with Crippen molar-refractivity contribution in [1.82, 2.24) is 4.98 Å². The molecule has 0 radical (unpaired) electrons. The van der Waals surface area contributed by atoms with Crippen LogP contribution < -0.4 is 0 Å². The van der Waals surface area contributed by atoms with Gasteiger partial charge in [0.2, 0.25) is 0 Å². The minimum Gasteiger partial charge on any atom is -0.252 e. The first kappa shape index (κ1) is 16.3. The van der Waals surface area contributed by atoms with Crippen LogP contribution in [0.3, 0.4) is 0 Å². The van der Waals surface area contributed by atoms with E-state index in [0.717, 1.165) is 11.4 Å². The summed E-state index contributed by atoms with van der Waals surface area (Å²) in [7, 11) is 0. The maximum Gasteiger partial charge on any atom is 0.0792 e. The summed E-state index contributed by atoms with van der Waals surface area (Å²) >= 11 is 0. The maximum atomic E-state index is 4.99. The monoisotopic (exact) mass is 329 g/mol. The molecule has 0 bridgehead atoms. The molecular weight excluding hydrogens is 302 g/mol. The van der Waals surface area contributed by atoms with Crippen molar-refractivity contribution in [3.8, 4) is 11.3 Å². The zero-order valence-electron chi connectivity index (χ0n) is 16.4. The average Bonchev–Trinajstić information content (AvgIpc) is 2.50. The normalized spacial score (nSPS) is 15.3. The molecule has 0 fully saturated rings. The van der Waals surface area contributed by atoms with Crippen LogP contribution in [0.25, 0.3) is 22.0 Å². The van der Waals surface area contributed by atoms with E-state index < -0.39 is 0 Å². The van der Waals surface area contributed by atoms with Crippen molar-refractivity contribution in [3.63, 3.8) is 0 Å². The predicted molar refractivity (Wildman–Crippen MR) is 107 cm³/mol. The van der Waals surface area contributed by atoms with Gasteiger partial charge in [0.25, 0.3) is 0 Å². The van der Waals surface area contributed by atoms with Crippen molar-refractivity contribution >= 4 is 10.8 Å². The fourth-order valence-corrected chi connectivity index (χ4v) is 4.29. The summed E-state index contributed by atoms with van der Waals surface area (Å²) in [4.78, 5) is 4.99. The molecule has 1 aromatic heterocycles. The van der Waals surface area contributed by atoms with E-state index in [1.807, 2.05) is 0 Å². The Labute approximate surface area is 151 Å². The molecule has 1 aliphatic rings. The molecule has 1 heterocycles. The topological polar surface area (TPSA) is 12.9 Å². The van der Waals surface area contributed by atoms with E-state index in [0.29, 0.717) is 0 Å². The molecule has 4 rings (SSSR count). The van der Waals surface area contributed by atoms with Crippen LogP contribution in [0.1, 0.15) is 62.6 Å². The molecule has 0 atom stereocenters. The summed E-state index contributed by atoms with van der Waals surface area (Å²) in [6.07, 6.45) is 0.